The van der Waals surface area contributed by atoms with Crippen molar-refractivity contribution in [2.75, 3.05) is 19.3 Å². The first-order valence-corrected chi connectivity index (χ1v) is 9.33. The third kappa shape index (κ3) is 4.08. The van der Waals surface area contributed by atoms with Gasteiger partial charge in [0.15, 0.2) is 9.84 Å². The van der Waals surface area contributed by atoms with Crippen LogP contribution >= 0.6 is 0 Å². The molecule has 0 atom stereocenters. The molecule has 1 N–H and O–H groups in total. The third-order valence-corrected chi connectivity index (χ3v) is 5.32. The molecule has 1 aliphatic rings. The molecule has 1 fully saturated rings. The number of piperidine rings is 1. The minimum Gasteiger partial charge on any atom is -0.456 e. The van der Waals surface area contributed by atoms with Gasteiger partial charge < -0.3 is 10.1 Å². The van der Waals surface area contributed by atoms with Gasteiger partial charge in [0.2, 0.25) is 0 Å². The lowest BCUT2D eigenvalue weighted by Crippen LogP contribution is -2.42. The van der Waals surface area contributed by atoms with E-state index in [1.165, 1.54) is 24.3 Å². The molecule has 1 aromatic carbocycles. The molecular formula is C16H23NO4S. The van der Waals surface area contributed by atoms with Crippen molar-refractivity contribution in [3.05, 3.63) is 29.8 Å². The van der Waals surface area contributed by atoms with Crippen LogP contribution in [0.5, 0.6) is 0 Å². The van der Waals surface area contributed by atoms with E-state index in [0.29, 0.717) is 11.5 Å². The molecule has 5 nitrogen and oxygen atoms in total. The van der Waals surface area contributed by atoms with E-state index >= 15 is 0 Å². The second-order valence-electron chi connectivity index (χ2n) is 6.31. The highest BCUT2D eigenvalue weighted by Crippen LogP contribution is 2.29. The second kappa shape index (κ2) is 6.38. The van der Waals surface area contributed by atoms with Gasteiger partial charge in [-0.05, 0) is 64.0 Å². The third-order valence-electron chi connectivity index (χ3n) is 4.20. The van der Waals surface area contributed by atoms with Crippen molar-refractivity contribution in [3.63, 3.8) is 0 Å². The van der Waals surface area contributed by atoms with E-state index in [9.17, 15) is 13.2 Å². The Labute approximate surface area is 132 Å². The number of rotatable bonds is 4. The molecule has 0 unspecified atom stereocenters. The summed E-state index contributed by atoms with van der Waals surface area (Å²) in [6.07, 6.45) is 3.10. The lowest BCUT2D eigenvalue weighted by molar-refractivity contribution is -0.0368. The van der Waals surface area contributed by atoms with E-state index in [2.05, 4.69) is 5.32 Å². The van der Waals surface area contributed by atoms with Crippen molar-refractivity contribution < 1.29 is 17.9 Å². The number of carbonyl (C=O) groups excluding carboxylic acids is 1. The molecule has 0 spiro atoms. The Morgan fingerprint density at radius 2 is 1.73 bits per heavy atom. The zero-order valence-electron chi connectivity index (χ0n) is 13.3. The van der Waals surface area contributed by atoms with Crippen molar-refractivity contribution in [1.82, 2.24) is 5.32 Å². The predicted octanol–water partition coefficient (Wildman–Crippen LogP) is 2.03. The summed E-state index contributed by atoms with van der Waals surface area (Å²) in [7, 11) is -3.26. The molecule has 1 aromatic rings. The number of nitrogens with one attached hydrogen (secondary N) is 1. The molecule has 1 saturated heterocycles. The highest BCUT2D eigenvalue weighted by molar-refractivity contribution is 7.90. The number of ether oxygens (including phenoxy) is 1. The molecule has 122 valence electrons. The fraction of sp³-hybridized carbons (Fsp3) is 0.562. The smallest absolute Gasteiger partial charge is 0.338 e. The maximum Gasteiger partial charge on any atom is 0.338 e. The first-order valence-electron chi connectivity index (χ1n) is 7.44. The van der Waals surface area contributed by atoms with Crippen molar-refractivity contribution >= 4 is 15.8 Å². The molecule has 1 heterocycles. The Hall–Kier alpha value is -1.40. The molecule has 0 saturated carbocycles. The van der Waals surface area contributed by atoms with Crippen molar-refractivity contribution in [3.8, 4) is 0 Å². The largest absolute Gasteiger partial charge is 0.456 e. The Bertz CT molecular complexity index is 629. The van der Waals surface area contributed by atoms with Gasteiger partial charge in [-0.25, -0.2) is 13.2 Å². The van der Waals surface area contributed by atoms with Gasteiger partial charge in [-0.1, -0.05) is 0 Å². The quantitative estimate of drug-likeness (QED) is 0.858. The lowest BCUT2D eigenvalue weighted by atomic mass is 9.83. The maximum absolute atomic E-state index is 12.3. The standard InChI is InChI=1S/C16H23NO4S/c1-16(2,13-8-10-17-11-9-13)21-15(18)12-4-6-14(7-5-12)22(3,19)20/h4-7,13,17H,8-11H2,1-3H3. The van der Waals surface area contributed by atoms with Crippen LogP contribution in [0.15, 0.2) is 29.2 Å². The van der Waals surface area contributed by atoms with Gasteiger partial charge >= 0.3 is 5.97 Å². The van der Waals surface area contributed by atoms with Crippen molar-refractivity contribution in [1.29, 1.82) is 0 Å². The molecule has 22 heavy (non-hydrogen) atoms. The van der Waals surface area contributed by atoms with E-state index in [0.717, 1.165) is 32.2 Å². The fourth-order valence-electron chi connectivity index (χ4n) is 2.74. The van der Waals surface area contributed by atoms with Crippen LogP contribution in [-0.4, -0.2) is 39.3 Å². The first kappa shape index (κ1) is 17.0. The molecular weight excluding hydrogens is 302 g/mol. The van der Waals surface area contributed by atoms with Gasteiger partial charge in [-0.3, -0.25) is 0 Å². The number of benzene rings is 1. The Morgan fingerprint density at radius 3 is 2.23 bits per heavy atom. The summed E-state index contributed by atoms with van der Waals surface area (Å²) in [6.45, 7) is 5.75. The molecule has 0 radical (unpaired) electrons. The number of hydrogen-bond donors (Lipinski definition) is 1. The Kier molecular flexibility index (Phi) is 4.92. The molecule has 0 aliphatic carbocycles. The summed E-state index contributed by atoms with van der Waals surface area (Å²) in [5.74, 6) is -0.0865. The van der Waals surface area contributed by atoms with Crippen LogP contribution in [0, 0.1) is 5.92 Å². The molecule has 0 aromatic heterocycles. The van der Waals surface area contributed by atoms with Gasteiger partial charge in [0.1, 0.15) is 5.60 Å². The highest BCUT2D eigenvalue weighted by atomic mass is 32.2. The maximum atomic E-state index is 12.3. The summed E-state index contributed by atoms with van der Waals surface area (Å²) >= 11 is 0. The molecule has 2 rings (SSSR count). The van der Waals surface area contributed by atoms with Gasteiger partial charge in [0, 0.05) is 12.2 Å². The van der Waals surface area contributed by atoms with Gasteiger partial charge in [-0.15, -0.1) is 0 Å². The van der Waals surface area contributed by atoms with Crippen LogP contribution < -0.4 is 5.32 Å². The Balaban J connectivity index is 2.08. The monoisotopic (exact) mass is 325 g/mol. The zero-order valence-corrected chi connectivity index (χ0v) is 14.1. The van der Waals surface area contributed by atoms with Crippen LogP contribution in [0.3, 0.4) is 0 Å². The molecule has 1 aliphatic heterocycles. The minimum atomic E-state index is -3.26. The highest BCUT2D eigenvalue weighted by Gasteiger charge is 2.34. The van der Waals surface area contributed by atoms with Crippen LogP contribution in [-0.2, 0) is 14.6 Å². The predicted molar refractivity (Wildman–Crippen MR) is 84.6 cm³/mol. The average molecular weight is 325 g/mol. The normalized spacial score (nSPS) is 17.2. The summed E-state index contributed by atoms with van der Waals surface area (Å²) in [4.78, 5) is 12.5. The minimum absolute atomic E-state index is 0.196. The van der Waals surface area contributed by atoms with E-state index in [1.54, 1.807) is 0 Å². The molecule has 0 amide bonds. The van der Waals surface area contributed by atoms with Gasteiger partial charge in [0.25, 0.3) is 0 Å². The first-order chi connectivity index (χ1) is 10.2. The number of carbonyl (C=O) groups is 1. The van der Waals surface area contributed by atoms with Crippen molar-refractivity contribution in [2.24, 2.45) is 5.92 Å². The van der Waals surface area contributed by atoms with Crippen LogP contribution in [0.1, 0.15) is 37.0 Å². The number of hydrogen-bond acceptors (Lipinski definition) is 5. The van der Waals surface area contributed by atoms with E-state index in [1.807, 2.05) is 13.8 Å². The topological polar surface area (TPSA) is 72.5 Å². The summed E-state index contributed by atoms with van der Waals surface area (Å²) < 4.78 is 28.5. The fourth-order valence-corrected chi connectivity index (χ4v) is 3.37. The van der Waals surface area contributed by atoms with E-state index in [4.69, 9.17) is 4.74 Å². The summed E-state index contributed by atoms with van der Waals surface area (Å²) in [6, 6.07) is 5.86. The van der Waals surface area contributed by atoms with Crippen LogP contribution in [0.25, 0.3) is 0 Å². The zero-order chi connectivity index (χ0) is 16.4. The second-order valence-corrected chi connectivity index (χ2v) is 8.33. The summed E-state index contributed by atoms with van der Waals surface area (Å²) in [5, 5.41) is 3.29. The SMILES string of the molecule is CC(C)(OC(=O)c1ccc(S(C)(=O)=O)cc1)C1CCNCC1. The van der Waals surface area contributed by atoms with E-state index < -0.39 is 21.4 Å². The average Bonchev–Trinajstić information content (AvgIpc) is 2.47. The number of esters is 1. The van der Waals surface area contributed by atoms with Gasteiger partial charge in [0.05, 0.1) is 10.5 Å². The van der Waals surface area contributed by atoms with Crippen LogP contribution in [0.2, 0.25) is 0 Å². The summed E-state index contributed by atoms with van der Waals surface area (Å²) in [5.41, 5.74) is -0.163. The molecule has 0 bridgehead atoms. The Morgan fingerprint density at radius 1 is 1.18 bits per heavy atom. The van der Waals surface area contributed by atoms with Gasteiger partial charge in [-0.2, -0.15) is 0 Å². The lowest BCUT2D eigenvalue weighted by Gasteiger charge is -2.36. The number of sulfone groups is 1. The molecule has 6 heteroatoms. The van der Waals surface area contributed by atoms with Crippen molar-refractivity contribution in [2.45, 2.75) is 37.2 Å². The van der Waals surface area contributed by atoms with E-state index in [-0.39, 0.29) is 4.90 Å². The van der Waals surface area contributed by atoms with Crippen LogP contribution in [0.4, 0.5) is 0 Å².